The topological polar surface area (TPSA) is 102 Å². The maximum atomic E-state index is 12.3. The quantitative estimate of drug-likeness (QED) is 0.754. The molecule has 24 heavy (non-hydrogen) atoms. The first-order valence-electron chi connectivity index (χ1n) is 8.12. The zero-order valence-corrected chi connectivity index (χ0v) is 14.7. The van der Waals surface area contributed by atoms with Gasteiger partial charge in [0.1, 0.15) is 0 Å². The Hall–Kier alpha value is -1.48. The van der Waals surface area contributed by atoms with Crippen molar-refractivity contribution in [1.29, 1.82) is 0 Å². The normalized spacial score (nSPS) is 16.9. The molecular weight excluding hydrogens is 330 g/mol. The zero-order chi connectivity index (χ0) is 17.6. The number of ether oxygens (including phenoxy) is 1. The molecule has 1 fully saturated rings. The summed E-state index contributed by atoms with van der Waals surface area (Å²) in [6.45, 7) is 4.13. The van der Waals surface area contributed by atoms with Gasteiger partial charge in [0.15, 0.2) is 0 Å². The predicted octanol–water partition coefficient (Wildman–Crippen LogP) is 0.755. The number of amides is 1. The molecule has 0 atom stereocenters. The Morgan fingerprint density at radius 3 is 2.50 bits per heavy atom. The van der Waals surface area contributed by atoms with E-state index in [0.717, 1.165) is 11.1 Å². The van der Waals surface area contributed by atoms with Crippen LogP contribution in [-0.4, -0.2) is 38.3 Å². The first-order chi connectivity index (χ1) is 11.4. The summed E-state index contributed by atoms with van der Waals surface area (Å²) >= 11 is 0. The Kier molecular flexibility index (Phi) is 6.73. The summed E-state index contributed by atoms with van der Waals surface area (Å²) < 4.78 is 29.2. The van der Waals surface area contributed by atoms with E-state index in [0.29, 0.717) is 32.6 Å². The molecule has 134 valence electrons. The molecule has 0 aromatic heterocycles. The van der Waals surface area contributed by atoms with Gasteiger partial charge in [-0.1, -0.05) is 24.3 Å². The number of nitrogens with two attached hydrogens (primary N) is 1. The lowest BCUT2D eigenvalue weighted by Gasteiger charge is -2.29. The Morgan fingerprint density at radius 2 is 1.92 bits per heavy atom. The molecule has 0 aliphatic carbocycles. The fraction of sp³-hybridized carbons (Fsp3) is 0.562. The number of piperidine rings is 1. The van der Waals surface area contributed by atoms with Crippen LogP contribution in [0.2, 0.25) is 0 Å². The smallest absolute Gasteiger partial charge is 0.276 e. The van der Waals surface area contributed by atoms with E-state index in [-0.39, 0.29) is 24.9 Å². The molecule has 0 spiro atoms. The molecule has 0 bridgehead atoms. The maximum absolute atomic E-state index is 12.3. The lowest BCUT2D eigenvalue weighted by molar-refractivity contribution is -0.126. The van der Waals surface area contributed by atoms with Crippen LogP contribution in [0.5, 0.6) is 0 Å². The van der Waals surface area contributed by atoms with Crippen molar-refractivity contribution in [2.75, 3.05) is 19.7 Å². The van der Waals surface area contributed by atoms with E-state index in [4.69, 9.17) is 9.88 Å². The van der Waals surface area contributed by atoms with Crippen molar-refractivity contribution in [2.45, 2.75) is 32.9 Å². The molecule has 7 nitrogen and oxygen atoms in total. The van der Waals surface area contributed by atoms with Gasteiger partial charge >= 0.3 is 0 Å². The average Bonchev–Trinajstić information content (AvgIpc) is 2.58. The number of nitrogens with zero attached hydrogens (tertiary/aromatic N) is 1. The van der Waals surface area contributed by atoms with Crippen LogP contribution >= 0.6 is 0 Å². The first-order valence-corrected chi connectivity index (χ1v) is 9.62. The molecule has 2 rings (SSSR count). The van der Waals surface area contributed by atoms with Gasteiger partial charge in [-0.2, -0.15) is 12.7 Å². The zero-order valence-electron chi connectivity index (χ0n) is 13.9. The molecule has 1 amide bonds. The van der Waals surface area contributed by atoms with Gasteiger partial charge in [0.25, 0.3) is 10.2 Å². The molecule has 3 N–H and O–H groups in total. The van der Waals surface area contributed by atoms with Crippen molar-refractivity contribution in [1.82, 2.24) is 9.62 Å². The minimum absolute atomic E-state index is 0.0460. The van der Waals surface area contributed by atoms with E-state index in [1.54, 1.807) is 0 Å². The summed E-state index contributed by atoms with van der Waals surface area (Å²) in [7, 11) is -3.66. The van der Waals surface area contributed by atoms with E-state index >= 15 is 0 Å². The monoisotopic (exact) mass is 355 g/mol. The Balaban J connectivity index is 1.86. The highest BCUT2D eigenvalue weighted by Gasteiger charge is 2.29. The standard InChI is InChI=1S/C16H25N3O4S/c1-2-23-12-15-6-4-3-5-14(15)11-18-16(20)13-7-9-19(10-8-13)24(17,21)22/h3-6,13H,2,7-12H2,1H3,(H,18,20)(H2,17,21,22). The van der Waals surface area contributed by atoms with Crippen LogP contribution in [0, 0.1) is 5.92 Å². The van der Waals surface area contributed by atoms with E-state index in [1.807, 2.05) is 31.2 Å². The number of carbonyl (C=O) groups is 1. The van der Waals surface area contributed by atoms with Crippen molar-refractivity contribution < 1.29 is 17.9 Å². The van der Waals surface area contributed by atoms with Crippen LogP contribution in [0.1, 0.15) is 30.9 Å². The van der Waals surface area contributed by atoms with Crippen LogP contribution in [0.25, 0.3) is 0 Å². The fourth-order valence-electron chi connectivity index (χ4n) is 2.78. The predicted molar refractivity (Wildman–Crippen MR) is 91.0 cm³/mol. The lowest BCUT2D eigenvalue weighted by Crippen LogP contribution is -2.45. The van der Waals surface area contributed by atoms with Crippen molar-refractivity contribution in [3.05, 3.63) is 35.4 Å². The third-order valence-corrected chi connectivity index (χ3v) is 5.30. The van der Waals surface area contributed by atoms with Gasteiger partial charge in [-0.05, 0) is 30.9 Å². The highest BCUT2D eigenvalue weighted by atomic mass is 32.2. The van der Waals surface area contributed by atoms with Crippen LogP contribution in [0.15, 0.2) is 24.3 Å². The molecule has 1 heterocycles. The SMILES string of the molecule is CCOCc1ccccc1CNC(=O)C1CCN(S(N)(=O)=O)CC1. The van der Waals surface area contributed by atoms with Crippen LogP contribution in [-0.2, 0) is 32.9 Å². The Morgan fingerprint density at radius 1 is 1.29 bits per heavy atom. The molecule has 0 saturated carbocycles. The highest BCUT2D eigenvalue weighted by molar-refractivity contribution is 7.86. The van der Waals surface area contributed by atoms with Gasteiger partial charge in [-0.3, -0.25) is 4.79 Å². The van der Waals surface area contributed by atoms with E-state index in [1.165, 1.54) is 4.31 Å². The minimum atomic E-state index is -3.66. The Bertz CT molecular complexity index is 655. The summed E-state index contributed by atoms with van der Waals surface area (Å²) in [5, 5.41) is 8.05. The molecule has 8 heteroatoms. The second-order valence-electron chi connectivity index (χ2n) is 5.84. The van der Waals surface area contributed by atoms with Gasteiger partial charge in [0.05, 0.1) is 6.61 Å². The second-order valence-corrected chi connectivity index (χ2v) is 7.39. The van der Waals surface area contributed by atoms with Gasteiger partial charge in [-0.15, -0.1) is 0 Å². The lowest BCUT2D eigenvalue weighted by atomic mass is 9.97. The second kappa shape index (κ2) is 8.57. The summed E-state index contributed by atoms with van der Waals surface area (Å²) in [6, 6.07) is 7.84. The van der Waals surface area contributed by atoms with E-state index in [9.17, 15) is 13.2 Å². The van der Waals surface area contributed by atoms with E-state index in [2.05, 4.69) is 5.32 Å². The van der Waals surface area contributed by atoms with Gasteiger partial charge in [0.2, 0.25) is 5.91 Å². The third-order valence-electron chi connectivity index (χ3n) is 4.22. The summed E-state index contributed by atoms with van der Waals surface area (Å²) in [5.41, 5.74) is 2.09. The fourth-order valence-corrected chi connectivity index (χ4v) is 3.50. The van der Waals surface area contributed by atoms with Crippen molar-refractivity contribution in [2.24, 2.45) is 11.1 Å². The van der Waals surface area contributed by atoms with Crippen molar-refractivity contribution in [3.8, 4) is 0 Å². The summed E-state index contributed by atoms with van der Waals surface area (Å²) in [4.78, 5) is 12.3. The molecule has 0 radical (unpaired) electrons. The molecule has 0 unspecified atom stereocenters. The third kappa shape index (κ3) is 5.27. The maximum Gasteiger partial charge on any atom is 0.276 e. The molecular formula is C16H25N3O4S. The van der Waals surface area contributed by atoms with Gasteiger partial charge < -0.3 is 10.1 Å². The number of rotatable bonds is 7. The van der Waals surface area contributed by atoms with Crippen LogP contribution < -0.4 is 10.5 Å². The van der Waals surface area contributed by atoms with E-state index < -0.39 is 10.2 Å². The van der Waals surface area contributed by atoms with Crippen molar-refractivity contribution >= 4 is 16.1 Å². The van der Waals surface area contributed by atoms with Crippen LogP contribution in [0.4, 0.5) is 0 Å². The highest BCUT2D eigenvalue weighted by Crippen LogP contribution is 2.19. The average molecular weight is 355 g/mol. The molecule has 1 saturated heterocycles. The largest absolute Gasteiger partial charge is 0.377 e. The van der Waals surface area contributed by atoms with Gasteiger partial charge in [-0.25, -0.2) is 5.14 Å². The summed E-state index contributed by atoms with van der Waals surface area (Å²) in [5.74, 6) is -0.225. The number of nitrogens with one attached hydrogen (secondary N) is 1. The summed E-state index contributed by atoms with van der Waals surface area (Å²) in [6.07, 6.45) is 0.978. The number of carbonyl (C=O) groups excluding carboxylic acids is 1. The number of hydrogen-bond donors (Lipinski definition) is 2. The first kappa shape index (κ1) is 18.9. The minimum Gasteiger partial charge on any atom is -0.377 e. The van der Waals surface area contributed by atoms with Gasteiger partial charge in [0, 0.05) is 32.2 Å². The molecule has 1 aliphatic rings. The molecule has 1 aromatic rings. The Labute approximate surface area is 143 Å². The van der Waals surface area contributed by atoms with Crippen molar-refractivity contribution in [3.63, 3.8) is 0 Å². The molecule has 1 aliphatic heterocycles. The number of hydrogen-bond acceptors (Lipinski definition) is 4. The number of benzene rings is 1. The van der Waals surface area contributed by atoms with Crippen LogP contribution in [0.3, 0.4) is 0 Å². The molecule has 1 aromatic carbocycles.